The first-order valence-corrected chi connectivity index (χ1v) is 6.18. The summed E-state index contributed by atoms with van der Waals surface area (Å²) in [6.45, 7) is 5.92. The normalized spacial score (nSPS) is 13.2. The highest BCUT2D eigenvalue weighted by Crippen LogP contribution is 2.17. The number of rotatable bonds is 4. The summed E-state index contributed by atoms with van der Waals surface area (Å²) in [7, 11) is 0. The Morgan fingerprint density at radius 1 is 1.26 bits per heavy atom. The van der Waals surface area contributed by atoms with E-state index in [4.69, 9.17) is 5.73 Å². The molecule has 3 N–H and O–H groups in total. The highest BCUT2D eigenvalue weighted by molar-refractivity contribution is 5.82. The molecule has 0 bridgehead atoms. The summed E-state index contributed by atoms with van der Waals surface area (Å²) in [5.41, 5.74) is 5.97. The van der Waals surface area contributed by atoms with Crippen LogP contribution in [0.2, 0.25) is 0 Å². The van der Waals surface area contributed by atoms with Crippen LogP contribution in [-0.4, -0.2) is 18.5 Å². The Morgan fingerprint density at radius 2 is 1.79 bits per heavy atom. The Kier molecular flexibility index (Phi) is 5.00. The van der Waals surface area contributed by atoms with E-state index >= 15 is 0 Å². The van der Waals surface area contributed by atoms with Gasteiger partial charge in [-0.15, -0.1) is 0 Å². The minimum Gasteiger partial charge on any atom is -0.354 e. The van der Waals surface area contributed by atoms with Crippen molar-refractivity contribution in [2.45, 2.75) is 33.2 Å². The fourth-order valence-corrected chi connectivity index (χ4v) is 1.59. The molecule has 0 fully saturated rings. The number of hydrogen-bond acceptors (Lipinski definition) is 2. The van der Waals surface area contributed by atoms with Gasteiger partial charge in [-0.25, -0.2) is 8.78 Å². The zero-order valence-electron chi connectivity index (χ0n) is 11.5. The number of nitrogens with one attached hydrogen (secondary N) is 1. The van der Waals surface area contributed by atoms with Crippen LogP contribution in [0.4, 0.5) is 8.78 Å². The number of hydrogen-bond donors (Lipinski definition) is 2. The van der Waals surface area contributed by atoms with Crippen LogP contribution < -0.4 is 11.1 Å². The molecule has 0 radical (unpaired) electrons. The molecule has 5 heteroatoms. The topological polar surface area (TPSA) is 55.1 Å². The lowest BCUT2D eigenvalue weighted by Crippen LogP contribution is -2.48. The number of amides is 1. The molecular formula is C14H20F2N2O. The smallest absolute Gasteiger partial charge is 0.237 e. The van der Waals surface area contributed by atoms with Gasteiger partial charge in [-0.05, 0) is 29.5 Å². The van der Waals surface area contributed by atoms with Crippen LogP contribution >= 0.6 is 0 Å². The molecular weight excluding hydrogens is 250 g/mol. The van der Waals surface area contributed by atoms with Gasteiger partial charge in [0.05, 0.1) is 6.04 Å². The predicted molar refractivity (Wildman–Crippen MR) is 70.5 cm³/mol. The van der Waals surface area contributed by atoms with Gasteiger partial charge in [0.2, 0.25) is 5.91 Å². The van der Waals surface area contributed by atoms with E-state index in [1.165, 1.54) is 12.1 Å². The predicted octanol–water partition coefficient (Wildman–Crippen LogP) is 2.00. The lowest BCUT2D eigenvalue weighted by Gasteiger charge is -2.25. The second kappa shape index (κ2) is 6.10. The lowest BCUT2D eigenvalue weighted by atomic mass is 9.87. The second-order valence-electron chi connectivity index (χ2n) is 5.66. The van der Waals surface area contributed by atoms with Crippen LogP contribution in [0, 0.1) is 17.0 Å². The Hall–Kier alpha value is -1.49. The molecule has 1 amide bonds. The van der Waals surface area contributed by atoms with Crippen LogP contribution in [-0.2, 0) is 11.2 Å². The summed E-state index contributed by atoms with van der Waals surface area (Å²) in [5.74, 6) is -1.50. The largest absolute Gasteiger partial charge is 0.354 e. The van der Waals surface area contributed by atoms with Crippen LogP contribution in [0.15, 0.2) is 18.2 Å². The van der Waals surface area contributed by atoms with E-state index in [0.29, 0.717) is 18.5 Å². The van der Waals surface area contributed by atoms with Crippen LogP contribution in [0.3, 0.4) is 0 Å². The molecule has 3 nitrogen and oxygen atoms in total. The number of carbonyl (C=O) groups is 1. The van der Waals surface area contributed by atoms with Crippen molar-refractivity contribution in [2.24, 2.45) is 11.1 Å². The van der Waals surface area contributed by atoms with E-state index in [1.807, 2.05) is 20.8 Å². The molecule has 0 saturated carbocycles. The first-order chi connectivity index (χ1) is 8.70. The first-order valence-electron chi connectivity index (χ1n) is 6.18. The maximum Gasteiger partial charge on any atom is 0.237 e. The zero-order valence-corrected chi connectivity index (χ0v) is 11.5. The van der Waals surface area contributed by atoms with Crippen molar-refractivity contribution in [2.75, 3.05) is 6.54 Å². The number of benzene rings is 1. The van der Waals surface area contributed by atoms with Crippen molar-refractivity contribution in [3.05, 3.63) is 35.4 Å². The third-order valence-electron chi connectivity index (χ3n) is 2.85. The van der Waals surface area contributed by atoms with E-state index in [1.54, 1.807) is 0 Å². The number of nitrogens with two attached hydrogens (primary N) is 1. The van der Waals surface area contributed by atoms with Crippen LogP contribution in [0.1, 0.15) is 26.3 Å². The van der Waals surface area contributed by atoms with Gasteiger partial charge in [-0.1, -0.05) is 20.8 Å². The van der Waals surface area contributed by atoms with Gasteiger partial charge >= 0.3 is 0 Å². The van der Waals surface area contributed by atoms with Crippen LogP contribution in [0.25, 0.3) is 0 Å². The number of halogens is 2. The third kappa shape index (κ3) is 4.95. The Balaban J connectivity index is 2.48. The van der Waals surface area contributed by atoms with E-state index in [0.717, 1.165) is 6.07 Å². The van der Waals surface area contributed by atoms with Crippen molar-refractivity contribution < 1.29 is 13.6 Å². The summed E-state index contributed by atoms with van der Waals surface area (Å²) < 4.78 is 25.9. The Bertz CT molecular complexity index is 435. The van der Waals surface area contributed by atoms with E-state index in [9.17, 15) is 13.6 Å². The highest BCUT2D eigenvalue weighted by Gasteiger charge is 2.26. The van der Waals surface area contributed by atoms with E-state index < -0.39 is 17.7 Å². The van der Waals surface area contributed by atoms with Crippen molar-refractivity contribution in [1.82, 2.24) is 5.32 Å². The lowest BCUT2D eigenvalue weighted by molar-refractivity contribution is -0.124. The minimum absolute atomic E-state index is 0.260. The van der Waals surface area contributed by atoms with Crippen molar-refractivity contribution in [3.8, 4) is 0 Å². The summed E-state index contributed by atoms with van der Waals surface area (Å²) in [4.78, 5) is 11.7. The molecule has 0 aliphatic heterocycles. The third-order valence-corrected chi connectivity index (χ3v) is 2.85. The maximum atomic E-state index is 13.0. The standard InChI is InChI=1S/C14H20F2N2O/c1-14(2,3)12(17)13(19)18-5-4-9-6-10(15)8-11(16)7-9/h6-8,12H,4-5,17H2,1-3H3,(H,18,19)/t12-/m1/s1. The minimum atomic E-state index is -0.618. The summed E-state index contributed by atoms with van der Waals surface area (Å²) in [6.07, 6.45) is 0.358. The van der Waals surface area contributed by atoms with Gasteiger partial charge in [0, 0.05) is 12.6 Å². The van der Waals surface area contributed by atoms with E-state index in [2.05, 4.69) is 5.32 Å². The molecule has 1 aromatic rings. The van der Waals surface area contributed by atoms with Gasteiger partial charge in [-0.3, -0.25) is 4.79 Å². The molecule has 0 saturated heterocycles. The molecule has 0 unspecified atom stereocenters. The molecule has 19 heavy (non-hydrogen) atoms. The van der Waals surface area contributed by atoms with Crippen molar-refractivity contribution in [3.63, 3.8) is 0 Å². The van der Waals surface area contributed by atoms with Gasteiger partial charge in [0.25, 0.3) is 0 Å². The van der Waals surface area contributed by atoms with Crippen molar-refractivity contribution in [1.29, 1.82) is 0 Å². The van der Waals surface area contributed by atoms with Gasteiger partial charge in [0.1, 0.15) is 11.6 Å². The van der Waals surface area contributed by atoms with Gasteiger partial charge in [-0.2, -0.15) is 0 Å². The Morgan fingerprint density at radius 3 is 2.26 bits per heavy atom. The van der Waals surface area contributed by atoms with Crippen LogP contribution in [0.5, 0.6) is 0 Å². The molecule has 0 aliphatic rings. The molecule has 0 aromatic heterocycles. The molecule has 0 spiro atoms. The molecule has 0 heterocycles. The highest BCUT2D eigenvalue weighted by atomic mass is 19.1. The first kappa shape index (κ1) is 15.6. The van der Waals surface area contributed by atoms with Crippen molar-refractivity contribution >= 4 is 5.91 Å². The molecule has 1 aromatic carbocycles. The fourth-order valence-electron chi connectivity index (χ4n) is 1.59. The monoisotopic (exact) mass is 270 g/mol. The summed E-state index contributed by atoms with van der Waals surface area (Å²) >= 11 is 0. The molecule has 1 atom stereocenters. The molecule has 1 rings (SSSR count). The zero-order chi connectivity index (χ0) is 14.6. The fraction of sp³-hybridized carbons (Fsp3) is 0.500. The molecule has 0 aliphatic carbocycles. The average molecular weight is 270 g/mol. The van der Waals surface area contributed by atoms with E-state index in [-0.39, 0.29) is 11.3 Å². The van der Waals surface area contributed by atoms with Gasteiger partial charge in [0.15, 0.2) is 0 Å². The quantitative estimate of drug-likeness (QED) is 0.879. The maximum absolute atomic E-state index is 13.0. The summed E-state index contributed by atoms with van der Waals surface area (Å²) in [5, 5.41) is 2.67. The Labute approximate surface area is 112 Å². The van der Waals surface area contributed by atoms with Gasteiger partial charge < -0.3 is 11.1 Å². The average Bonchev–Trinajstić information content (AvgIpc) is 2.25. The second-order valence-corrected chi connectivity index (χ2v) is 5.66. The number of carbonyl (C=O) groups excluding carboxylic acids is 1. The molecule has 106 valence electrons. The SMILES string of the molecule is CC(C)(C)[C@H](N)C(=O)NCCc1cc(F)cc(F)c1. The summed E-state index contributed by atoms with van der Waals surface area (Å²) in [6, 6.07) is 2.70.